The summed E-state index contributed by atoms with van der Waals surface area (Å²) < 4.78 is 0.959. The van der Waals surface area contributed by atoms with Crippen LogP contribution in [0.2, 0.25) is 0 Å². The van der Waals surface area contributed by atoms with Gasteiger partial charge in [0.15, 0.2) is 5.78 Å². The summed E-state index contributed by atoms with van der Waals surface area (Å²) >= 11 is 3.46. The Bertz CT molecular complexity index is 722. The molecule has 0 saturated heterocycles. The summed E-state index contributed by atoms with van der Waals surface area (Å²) in [5.41, 5.74) is 1.36. The fourth-order valence-corrected chi connectivity index (χ4v) is 4.97. The van der Waals surface area contributed by atoms with Crippen molar-refractivity contribution < 1.29 is 14.7 Å². The molecule has 1 saturated carbocycles. The van der Waals surface area contributed by atoms with Crippen molar-refractivity contribution in [3.63, 3.8) is 0 Å². The maximum Gasteiger partial charge on any atom is 0.164 e. The molecule has 2 aliphatic rings. The molecule has 0 spiro atoms. The number of carbonyl (C=O) groups excluding carboxylic acids is 2. The van der Waals surface area contributed by atoms with Crippen LogP contribution in [-0.4, -0.2) is 29.3 Å². The molecule has 0 amide bonds. The molecule has 3 rings (SSSR count). The summed E-state index contributed by atoms with van der Waals surface area (Å²) in [5.74, 6) is 0.262. The molecule has 5 heteroatoms. The molecule has 2 unspecified atom stereocenters. The van der Waals surface area contributed by atoms with Gasteiger partial charge >= 0.3 is 0 Å². The lowest BCUT2D eigenvalue weighted by Gasteiger charge is -2.38. The first-order valence-electron chi connectivity index (χ1n) is 10.5. The van der Waals surface area contributed by atoms with Gasteiger partial charge in [0.05, 0.1) is 11.6 Å². The van der Waals surface area contributed by atoms with Crippen LogP contribution >= 0.6 is 15.9 Å². The van der Waals surface area contributed by atoms with Gasteiger partial charge in [0.1, 0.15) is 18.1 Å². The number of unbranched alkanes of at least 4 members (excludes halogenated alkanes) is 2. The van der Waals surface area contributed by atoms with E-state index in [1.54, 1.807) is 0 Å². The van der Waals surface area contributed by atoms with Gasteiger partial charge in [0.25, 0.3) is 0 Å². The molecule has 1 fully saturated rings. The number of rotatable bonds is 8. The van der Waals surface area contributed by atoms with Crippen molar-refractivity contribution in [2.45, 2.75) is 76.8 Å². The molecule has 2 atom stereocenters. The molecule has 1 aromatic rings. The lowest BCUT2D eigenvalue weighted by Crippen LogP contribution is -2.45. The molecule has 152 valence electrons. The number of aliphatic hydroxyl groups is 1. The predicted octanol–water partition coefficient (Wildman–Crippen LogP) is 5.75. The summed E-state index contributed by atoms with van der Waals surface area (Å²) in [6.45, 7) is 2.11. The van der Waals surface area contributed by atoms with Crippen molar-refractivity contribution in [1.82, 2.24) is 0 Å². The van der Waals surface area contributed by atoms with Crippen LogP contribution in [0.3, 0.4) is 0 Å². The van der Waals surface area contributed by atoms with Crippen molar-refractivity contribution in [1.29, 1.82) is 0 Å². The lowest BCUT2D eigenvalue weighted by atomic mass is 9.79. The number of hydrogen-bond acceptors (Lipinski definition) is 4. The van der Waals surface area contributed by atoms with E-state index in [0.717, 1.165) is 61.4 Å². The van der Waals surface area contributed by atoms with Gasteiger partial charge in [-0.3, -0.25) is 4.79 Å². The Labute approximate surface area is 176 Å². The molecule has 0 bridgehead atoms. The fraction of sp³-hybridized carbons (Fsp3) is 0.565. The Morgan fingerprint density at radius 3 is 2.46 bits per heavy atom. The van der Waals surface area contributed by atoms with Crippen LogP contribution in [0.25, 0.3) is 0 Å². The highest BCUT2D eigenvalue weighted by Gasteiger charge is 2.46. The van der Waals surface area contributed by atoms with Gasteiger partial charge in [-0.05, 0) is 49.4 Å². The second-order valence-electron chi connectivity index (χ2n) is 7.99. The Morgan fingerprint density at radius 1 is 1.18 bits per heavy atom. The Balaban J connectivity index is 1.99. The normalized spacial score (nSPS) is 23.3. The second kappa shape index (κ2) is 9.73. The third kappa shape index (κ3) is 4.35. The van der Waals surface area contributed by atoms with Gasteiger partial charge in [0, 0.05) is 16.6 Å². The lowest BCUT2D eigenvalue weighted by molar-refractivity contribution is -0.116. The summed E-state index contributed by atoms with van der Waals surface area (Å²) in [5, 5.41) is 10.9. The van der Waals surface area contributed by atoms with Gasteiger partial charge in [-0.15, -0.1) is 0 Å². The van der Waals surface area contributed by atoms with Gasteiger partial charge in [-0.2, -0.15) is 0 Å². The third-order valence-corrected chi connectivity index (χ3v) is 6.64. The molecule has 1 aliphatic carbocycles. The number of Topliss-reactive ketones (excluding diaryl/α,β-unsaturated/α-hetero) is 1. The van der Waals surface area contributed by atoms with Crippen molar-refractivity contribution >= 4 is 33.7 Å². The SMILES string of the molecule is CCCCCC(=O)C1=C(O)C(C=O)N(c2ccc(Br)cc2)C1C1CCCCC1. The smallest absolute Gasteiger partial charge is 0.164 e. The van der Waals surface area contributed by atoms with E-state index in [1.165, 1.54) is 6.42 Å². The zero-order valence-corrected chi connectivity index (χ0v) is 18.2. The van der Waals surface area contributed by atoms with Gasteiger partial charge < -0.3 is 14.8 Å². The number of nitrogens with zero attached hydrogens (tertiary/aromatic N) is 1. The average Bonchev–Trinajstić information content (AvgIpc) is 3.01. The molecule has 0 aromatic heterocycles. The van der Waals surface area contributed by atoms with E-state index in [1.807, 2.05) is 29.2 Å². The largest absolute Gasteiger partial charge is 0.509 e. The van der Waals surface area contributed by atoms with E-state index in [-0.39, 0.29) is 23.5 Å². The molecule has 28 heavy (non-hydrogen) atoms. The molecular formula is C23H30BrNO3. The van der Waals surface area contributed by atoms with Crippen molar-refractivity contribution in [3.05, 3.63) is 40.1 Å². The number of benzene rings is 1. The van der Waals surface area contributed by atoms with E-state index in [2.05, 4.69) is 22.9 Å². The minimum Gasteiger partial charge on any atom is -0.509 e. The van der Waals surface area contributed by atoms with Gasteiger partial charge in [-0.1, -0.05) is 55.0 Å². The van der Waals surface area contributed by atoms with E-state index < -0.39 is 6.04 Å². The number of hydrogen-bond donors (Lipinski definition) is 1. The van der Waals surface area contributed by atoms with Gasteiger partial charge in [0.2, 0.25) is 0 Å². The summed E-state index contributed by atoms with van der Waals surface area (Å²) in [4.78, 5) is 27.1. The highest BCUT2D eigenvalue weighted by atomic mass is 79.9. The van der Waals surface area contributed by atoms with E-state index >= 15 is 0 Å². The topological polar surface area (TPSA) is 57.6 Å². The average molecular weight is 448 g/mol. The summed E-state index contributed by atoms with van der Waals surface area (Å²) in [6, 6.07) is 6.78. The quantitative estimate of drug-likeness (QED) is 0.407. The summed E-state index contributed by atoms with van der Waals surface area (Å²) in [7, 11) is 0. The maximum atomic E-state index is 13.1. The Morgan fingerprint density at radius 2 is 1.86 bits per heavy atom. The number of ketones is 1. The minimum absolute atomic E-state index is 0.00739. The molecule has 4 nitrogen and oxygen atoms in total. The number of aliphatic hydroxyl groups excluding tert-OH is 1. The Kier molecular flexibility index (Phi) is 7.33. The van der Waals surface area contributed by atoms with Crippen molar-refractivity contribution in [2.75, 3.05) is 4.90 Å². The first-order chi connectivity index (χ1) is 13.6. The molecular weight excluding hydrogens is 418 g/mol. The zero-order valence-electron chi connectivity index (χ0n) is 16.6. The number of carbonyl (C=O) groups is 2. The maximum absolute atomic E-state index is 13.1. The highest BCUT2D eigenvalue weighted by molar-refractivity contribution is 9.10. The number of aldehydes is 1. The van der Waals surface area contributed by atoms with Crippen LogP contribution in [0.1, 0.15) is 64.7 Å². The monoisotopic (exact) mass is 447 g/mol. The first kappa shape index (κ1) is 21.1. The summed E-state index contributed by atoms with van der Waals surface area (Å²) in [6.07, 6.45) is 9.65. The van der Waals surface area contributed by atoms with Crippen LogP contribution in [0.4, 0.5) is 5.69 Å². The van der Waals surface area contributed by atoms with Crippen LogP contribution in [0.5, 0.6) is 0 Å². The molecule has 1 aliphatic heterocycles. The molecule has 1 aromatic carbocycles. The standard InChI is InChI=1S/C23H30BrNO3/c1-2-3-5-10-20(27)21-22(16-8-6-4-7-9-16)25(19(15-26)23(21)28)18-13-11-17(24)12-14-18/h11-16,19,22,28H,2-10H2,1H3. The molecule has 1 N–H and O–H groups in total. The van der Waals surface area contributed by atoms with Crippen LogP contribution in [-0.2, 0) is 9.59 Å². The van der Waals surface area contributed by atoms with Gasteiger partial charge in [-0.25, -0.2) is 0 Å². The fourth-order valence-electron chi connectivity index (χ4n) is 4.71. The minimum atomic E-state index is -0.779. The number of halogens is 1. The molecule has 1 heterocycles. The third-order valence-electron chi connectivity index (χ3n) is 6.11. The zero-order chi connectivity index (χ0) is 20.1. The van der Waals surface area contributed by atoms with Crippen molar-refractivity contribution in [3.8, 4) is 0 Å². The number of anilines is 1. The Hall–Kier alpha value is -1.62. The molecule has 0 radical (unpaired) electrons. The first-order valence-corrected chi connectivity index (χ1v) is 11.3. The van der Waals surface area contributed by atoms with E-state index in [4.69, 9.17) is 0 Å². The predicted molar refractivity (Wildman–Crippen MR) is 116 cm³/mol. The van der Waals surface area contributed by atoms with Crippen LogP contribution < -0.4 is 4.90 Å². The van der Waals surface area contributed by atoms with Crippen molar-refractivity contribution in [2.24, 2.45) is 5.92 Å². The van der Waals surface area contributed by atoms with E-state index in [9.17, 15) is 14.7 Å². The van der Waals surface area contributed by atoms with Crippen LogP contribution in [0, 0.1) is 5.92 Å². The highest BCUT2D eigenvalue weighted by Crippen LogP contribution is 2.42. The second-order valence-corrected chi connectivity index (χ2v) is 8.90. The van der Waals surface area contributed by atoms with Crippen LogP contribution in [0.15, 0.2) is 40.1 Å². The van der Waals surface area contributed by atoms with E-state index in [0.29, 0.717) is 12.0 Å².